The maximum absolute atomic E-state index is 12.3. The van der Waals surface area contributed by atoms with Gasteiger partial charge in [0.2, 0.25) is 5.82 Å². The van der Waals surface area contributed by atoms with Crippen LogP contribution in [-0.4, -0.2) is 32.5 Å². The van der Waals surface area contributed by atoms with Gasteiger partial charge in [0.25, 0.3) is 5.91 Å². The maximum Gasteiger partial charge on any atom is 0.293 e. The molecule has 0 saturated carbocycles. The number of aryl methyl sites for hydroxylation is 1. The average molecular weight is 269 g/mol. The van der Waals surface area contributed by atoms with Crippen LogP contribution in [0.4, 0.5) is 0 Å². The summed E-state index contributed by atoms with van der Waals surface area (Å²) < 4.78 is 0. The van der Waals surface area contributed by atoms with Crippen LogP contribution < -0.4 is 0 Å². The van der Waals surface area contributed by atoms with Crippen LogP contribution in [0, 0.1) is 18.3 Å². The Hall–Kier alpha value is -2.68. The number of hydrogen-bond donors (Lipinski definition) is 1. The molecule has 0 aliphatic heterocycles. The predicted octanol–water partition coefficient (Wildman–Crippen LogP) is 1.65. The van der Waals surface area contributed by atoms with Crippen molar-refractivity contribution >= 4 is 5.91 Å². The molecule has 0 unspecified atom stereocenters. The molecule has 20 heavy (non-hydrogen) atoms. The number of aromatic nitrogens is 3. The summed E-state index contributed by atoms with van der Waals surface area (Å²) in [6.45, 7) is 4.51. The van der Waals surface area contributed by atoms with Gasteiger partial charge >= 0.3 is 0 Å². The van der Waals surface area contributed by atoms with E-state index in [1.807, 2.05) is 19.1 Å². The van der Waals surface area contributed by atoms with Crippen LogP contribution in [0.5, 0.6) is 0 Å². The zero-order valence-corrected chi connectivity index (χ0v) is 11.4. The van der Waals surface area contributed by atoms with Gasteiger partial charge in [-0.2, -0.15) is 5.26 Å². The Labute approximate surface area is 117 Å². The third kappa shape index (κ3) is 2.83. The third-order valence-corrected chi connectivity index (χ3v) is 2.96. The van der Waals surface area contributed by atoms with E-state index < -0.39 is 0 Å². The SMILES string of the molecule is CCN(Cc1ccccc1C#N)C(=O)c1n[nH]c(C)n1. The summed E-state index contributed by atoms with van der Waals surface area (Å²) in [4.78, 5) is 17.9. The molecule has 0 radical (unpaired) electrons. The molecule has 0 bridgehead atoms. The minimum Gasteiger partial charge on any atom is -0.332 e. The number of nitrogens with zero attached hydrogens (tertiary/aromatic N) is 4. The fraction of sp³-hybridized carbons (Fsp3) is 0.286. The Morgan fingerprint density at radius 1 is 1.45 bits per heavy atom. The molecule has 1 heterocycles. The lowest BCUT2D eigenvalue weighted by atomic mass is 10.1. The predicted molar refractivity (Wildman–Crippen MR) is 72.7 cm³/mol. The minimum absolute atomic E-state index is 0.152. The van der Waals surface area contributed by atoms with Crippen LogP contribution in [0.25, 0.3) is 0 Å². The number of aromatic amines is 1. The van der Waals surface area contributed by atoms with E-state index in [-0.39, 0.29) is 11.7 Å². The van der Waals surface area contributed by atoms with Crippen molar-refractivity contribution in [2.24, 2.45) is 0 Å². The highest BCUT2D eigenvalue weighted by Gasteiger charge is 2.19. The highest BCUT2D eigenvalue weighted by atomic mass is 16.2. The van der Waals surface area contributed by atoms with Crippen LogP contribution in [0.2, 0.25) is 0 Å². The number of benzene rings is 1. The Bertz CT molecular complexity index is 656. The van der Waals surface area contributed by atoms with E-state index >= 15 is 0 Å². The van der Waals surface area contributed by atoms with Gasteiger partial charge in [-0.15, -0.1) is 5.10 Å². The monoisotopic (exact) mass is 269 g/mol. The summed E-state index contributed by atoms with van der Waals surface area (Å²) >= 11 is 0. The standard InChI is InChI=1S/C14H15N5O/c1-3-19(14(20)13-16-10(2)17-18-13)9-12-7-5-4-6-11(12)8-15/h4-7H,3,9H2,1-2H3,(H,16,17,18). The second-order valence-electron chi connectivity index (χ2n) is 4.33. The fourth-order valence-corrected chi connectivity index (χ4v) is 1.88. The molecule has 6 nitrogen and oxygen atoms in total. The second-order valence-corrected chi connectivity index (χ2v) is 4.33. The number of hydrogen-bond acceptors (Lipinski definition) is 4. The molecule has 0 saturated heterocycles. The molecule has 0 aliphatic carbocycles. The smallest absolute Gasteiger partial charge is 0.293 e. The maximum atomic E-state index is 12.3. The van der Waals surface area contributed by atoms with E-state index in [1.165, 1.54) is 0 Å². The summed E-state index contributed by atoms with van der Waals surface area (Å²) in [5, 5.41) is 15.6. The van der Waals surface area contributed by atoms with Crippen molar-refractivity contribution in [1.82, 2.24) is 20.1 Å². The Morgan fingerprint density at radius 2 is 2.20 bits per heavy atom. The topological polar surface area (TPSA) is 85.7 Å². The first kappa shape index (κ1) is 13.7. The van der Waals surface area contributed by atoms with Crippen molar-refractivity contribution in [1.29, 1.82) is 5.26 Å². The van der Waals surface area contributed by atoms with Gasteiger partial charge in [-0.05, 0) is 25.5 Å². The molecule has 0 spiro atoms. The Balaban J connectivity index is 2.21. The molecule has 0 fully saturated rings. The Morgan fingerprint density at radius 3 is 2.80 bits per heavy atom. The summed E-state index contributed by atoms with van der Waals surface area (Å²) in [6.07, 6.45) is 0. The molecule has 6 heteroatoms. The van der Waals surface area contributed by atoms with E-state index in [1.54, 1.807) is 24.0 Å². The van der Waals surface area contributed by atoms with Crippen molar-refractivity contribution in [3.05, 3.63) is 47.0 Å². The number of carbonyl (C=O) groups is 1. The van der Waals surface area contributed by atoms with Gasteiger partial charge in [-0.1, -0.05) is 18.2 Å². The summed E-state index contributed by atoms with van der Waals surface area (Å²) in [7, 11) is 0. The van der Waals surface area contributed by atoms with Crippen LogP contribution in [-0.2, 0) is 6.54 Å². The first-order chi connectivity index (χ1) is 9.65. The van der Waals surface area contributed by atoms with Gasteiger partial charge in [-0.3, -0.25) is 9.89 Å². The normalized spacial score (nSPS) is 10.1. The second kappa shape index (κ2) is 5.97. The summed E-state index contributed by atoms with van der Waals surface area (Å²) in [5.74, 6) is 0.505. The highest BCUT2D eigenvalue weighted by molar-refractivity contribution is 5.90. The largest absolute Gasteiger partial charge is 0.332 e. The lowest BCUT2D eigenvalue weighted by molar-refractivity contribution is 0.0740. The number of nitrogens with one attached hydrogen (secondary N) is 1. The third-order valence-electron chi connectivity index (χ3n) is 2.96. The average Bonchev–Trinajstić information content (AvgIpc) is 2.91. The zero-order valence-electron chi connectivity index (χ0n) is 11.4. The van der Waals surface area contributed by atoms with Crippen LogP contribution in [0.1, 0.15) is 34.5 Å². The Kier molecular flexibility index (Phi) is 4.11. The lowest BCUT2D eigenvalue weighted by Gasteiger charge is -2.19. The summed E-state index contributed by atoms with van der Waals surface area (Å²) in [5.41, 5.74) is 1.39. The molecule has 2 rings (SSSR count). The van der Waals surface area contributed by atoms with Gasteiger partial charge in [0.1, 0.15) is 5.82 Å². The van der Waals surface area contributed by atoms with Gasteiger partial charge < -0.3 is 4.90 Å². The van der Waals surface area contributed by atoms with Gasteiger partial charge in [-0.25, -0.2) is 4.98 Å². The van der Waals surface area contributed by atoms with Gasteiger partial charge in [0.15, 0.2) is 0 Å². The van der Waals surface area contributed by atoms with Crippen LogP contribution in [0.3, 0.4) is 0 Å². The lowest BCUT2D eigenvalue weighted by Crippen LogP contribution is -2.31. The quantitative estimate of drug-likeness (QED) is 0.914. The van der Waals surface area contributed by atoms with E-state index in [2.05, 4.69) is 21.3 Å². The molecule has 1 aromatic heterocycles. The van der Waals surface area contributed by atoms with Crippen molar-refractivity contribution in [3.63, 3.8) is 0 Å². The molecule has 2 aromatic rings. The van der Waals surface area contributed by atoms with E-state index in [9.17, 15) is 4.79 Å². The number of nitriles is 1. The molecule has 0 atom stereocenters. The van der Waals surface area contributed by atoms with Crippen LogP contribution >= 0.6 is 0 Å². The number of rotatable bonds is 4. The van der Waals surface area contributed by atoms with Crippen molar-refractivity contribution < 1.29 is 4.79 Å². The molecular weight excluding hydrogens is 254 g/mol. The molecular formula is C14H15N5O. The fourth-order valence-electron chi connectivity index (χ4n) is 1.88. The van der Waals surface area contributed by atoms with Crippen molar-refractivity contribution in [3.8, 4) is 6.07 Å². The van der Waals surface area contributed by atoms with E-state index in [0.717, 1.165) is 5.56 Å². The van der Waals surface area contributed by atoms with E-state index in [4.69, 9.17) is 5.26 Å². The first-order valence-corrected chi connectivity index (χ1v) is 6.32. The highest BCUT2D eigenvalue weighted by Crippen LogP contribution is 2.12. The minimum atomic E-state index is -0.246. The zero-order chi connectivity index (χ0) is 14.5. The number of H-pyrrole nitrogens is 1. The molecule has 1 amide bonds. The molecule has 1 aromatic carbocycles. The van der Waals surface area contributed by atoms with Gasteiger partial charge in [0, 0.05) is 13.1 Å². The number of amides is 1. The van der Waals surface area contributed by atoms with Crippen molar-refractivity contribution in [2.45, 2.75) is 20.4 Å². The number of carbonyl (C=O) groups excluding carboxylic acids is 1. The summed E-state index contributed by atoms with van der Waals surface area (Å²) in [6, 6.07) is 9.38. The van der Waals surface area contributed by atoms with Gasteiger partial charge in [0.05, 0.1) is 11.6 Å². The molecule has 1 N–H and O–H groups in total. The van der Waals surface area contributed by atoms with Crippen molar-refractivity contribution in [2.75, 3.05) is 6.54 Å². The first-order valence-electron chi connectivity index (χ1n) is 6.32. The molecule has 0 aliphatic rings. The van der Waals surface area contributed by atoms with E-state index in [0.29, 0.717) is 24.5 Å². The molecule has 102 valence electrons. The van der Waals surface area contributed by atoms with Crippen LogP contribution in [0.15, 0.2) is 24.3 Å².